The van der Waals surface area contributed by atoms with Crippen LogP contribution in [0.1, 0.15) is 18.1 Å². The molecular weight excluding hydrogens is 292 g/mol. The van der Waals surface area contributed by atoms with Gasteiger partial charge in [-0.25, -0.2) is 4.79 Å². The van der Waals surface area contributed by atoms with Crippen molar-refractivity contribution in [3.8, 4) is 11.5 Å². The Bertz CT molecular complexity index is 642. The maximum absolute atomic E-state index is 10.4. The monoisotopic (exact) mass is 312 g/mol. The first kappa shape index (κ1) is 16.6. The number of carboxylic acid groups (broad SMARTS) is 1. The second-order valence-electron chi connectivity index (χ2n) is 4.94. The van der Waals surface area contributed by atoms with Crippen LogP contribution in [0.5, 0.6) is 11.5 Å². The third kappa shape index (κ3) is 5.87. The lowest BCUT2D eigenvalue weighted by Gasteiger charge is -2.09. The summed E-state index contributed by atoms with van der Waals surface area (Å²) in [6, 6.07) is 15.2. The van der Waals surface area contributed by atoms with Crippen LogP contribution in [0.4, 0.5) is 0 Å². The molecule has 0 aliphatic rings. The van der Waals surface area contributed by atoms with Crippen LogP contribution in [0.3, 0.4) is 0 Å². The summed E-state index contributed by atoms with van der Waals surface area (Å²) in [7, 11) is 0. The third-order valence-corrected chi connectivity index (χ3v) is 3.25. The molecule has 0 saturated carbocycles. The molecule has 0 bridgehead atoms. The second-order valence-corrected chi connectivity index (χ2v) is 4.94. The predicted octanol–water partition coefficient (Wildman–Crippen LogP) is 3.80. The fourth-order valence-corrected chi connectivity index (χ4v) is 1.98. The lowest BCUT2D eigenvalue weighted by molar-refractivity contribution is -0.131. The van der Waals surface area contributed by atoms with E-state index in [0.29, 0.717) is 13.2 Å². The number of carboxylic acids is 1. The van der Waals surface area contributed by atoms with Crippen LogP contribution in [-0.2, 0) is 11.2 Å². The van der Waals surface area contributed by atoms with Gasteiger partial charge in [0.15, 0.2) is 0 Å². The smallest absolute Gasteiger partial charge is 0.328 e. The fourth-order valence-electron chi connectivity index (χ4n) is 1.98. The van der Waals surface area contributed by atoms with Crippen molar-refractivity contribution in [1.29, 1.82) is 0 Å². The van der Waals surface area contributed by atoms with Crippen molar-refractivity contribution in [3.63, 3.8) is 0 Å². The first-order valence-corrected chi connectivity index (χ1v) is 7.53. The molecule has 0 aliphatic heterocycles. The van der Waals surface area contributed by atoms with E-state index in [4.69, 9.17) is 14.6 Å². The standard InChI is InChI=1S/C19H20O4/c1-2-15-3-8-17(9-4-15)22-13-14-23-18-10-5-16(6-11-18)7-12-19(20)21/h3-12H,2,13-14H2,1H3,(H,20,21). The van der Waals surface area contributed by atoms with Crippen LogP contribution in [-0.4, -0.2) is 24.3 Å². The Kier molecular flexibility index (Phi) is 6.24. The molecule has 2 aromatic rings. The van der Waals surface area contributed by atoms with Crippen molar-refractivity contribution in [3.05, 3.63) is 65.7 Å². The molecule has 0 heterocycles. The zero-order valence-corrected chi connectivity index (χ0v) is 13.1. The molecule has 0 aliphatic carbocycles. The van der Waals surface area contributed by atoms with E-state index < -0.39 is 5.97 Å². The molecule has 4 heteroatoms. The molecule has 0 radical (unpaired) electrons. The van der Waals surface area contributed by atoms with E-state index in [0.717, 1.165) is 29.6 Å². The van der Waals surface area contributed by atoms with Crippen LogP contribution < -0.4 is 9.47 Å². The molecule has 0 amide bonds. The van der Waals surface area contributed by atoms with Gasteiger partial charge in [0.2, 0.25) is 0 Å². The van der Waals surface area contributed by atoms with Crippen molar-refractivity contribution in [2.75, 3.05) is 13.2 Å². The number of benzene rings is 2. The number of rotatable bonds is 8. The first-order valence-electron chi connectivity index (χ1n) is 7.53. The van der Waals surface area contributed by atoms with E-state index in [1.807, 2.05) is 12.1 Å². The molecule has 0 saturated heterocycles. The maximum Gasteiger partial charge on any atom is 0.328 e. The molecule has 0 aromatic heterocycles. The average Bonchev–Trinajstić information content (AvgIpc) is 2.58. The van der Waals surface area contributed by atoms with Gasteiger partial charge < -0.3 is 14.6 Å². The van der Waals surface area contributed by atoms with Gasteiger partial charge in [-0.05, 0) is 47.9 Å². The van der Waals surface area contributed by atoms with Crippen molar-refractivity contribution < 1.29 is 19.4 Å². The molecule has 0 atom stereocenters. The van der Waals surface area contributed by atoms with Gasteiger partial charge in [-0.15, -0.1) is 0 Å². The van der Waals surface area contributed by atoms with Crippen LogP contribution >= 0.6 is 0 Å². The first-order chi connectivity index (χ1) is 11.2. The Hall–Kier alpha value is -2.75. The maximum atomic E-state index is 10.4. The highest BCUT2D eigenvalue weighted by molar-refractivity contribution is 5.85. The molecule has 4 nitrogen and oxygen atoms in total. The summed E-state index contributed by atoms with van der Waals surface area (Å²) in [5.74, 6) is 0.594. The average molecular weight is 312 g/mol. The highest BCUT2D eigenvalue weighted by Crippen LogP contribution is 2.14. The van der Waals surface area contributed by atoms with E-state index in [1.165, 1.54) is 11.6 Å². The molecule has 2 aromatic carbocycles. The third-order valence-electron chi connectivity index (χ3n) is 3.25. The molecule has 0 fully saturated rings. The SMILES string of the molecule is CCc1ccc(OCCOc2ccc(C=CC(=O)O)cc2)cc1. The number of ether oxygens (including phenoxy) is 2. The normalized spacial score (nSPS) is 10.7. The fraction of sp³-hybridized carbons (Fsp3) is 0.211. The second kappa shape index (κ2) is 8.63. The molecule has 0 spiro atoms. The molecule has 2 rings (SSSR count). The summed E-state index contributed by atoms with van der Waals surface area (Å²) in [4.78, 5) is 10.4. The van der Waals surface area contributed by atoms with E-state index in [-0.39, 0.29) is 0 Å². The molecule has 0 unspecified atom stereocenters. The summed E-state index contributed by atoms with van der Waals surface area (Å²) in [6.07, 6.45) is 3.66. The van der Waals surface area contributed by atoms with E-state index in [9.17, 15) is 4.79 Å². The quantitative estimate of drug-likeness (QED) is 0.595. The number of aryl methyl sites for hydroxylation is 1. The van der Waals surface area contributed by atoms with Gasteiger partial charge in [-0.3, -0.25) is 0 Å². The van der Waals surface area contributed by atoms with Gasteiger partial charge in [0.25, 0.3) is 0 Å². The van der Waals surface area contributed by atoms with Gasteiger partial charge in [-0.1, -0.05) is 31.2 Å². The van der Waals surface area contributed by atoms with Crippen molar-refractivity contribution in [1.82, 2.24) is 0 Å². The number of carbonyl (C=O) groups is 1. The Labute approximate surface area is 136 Å². The van der Waals surface area contributed by atoms with Crippen LogP contribution in [0.2, 0.25) is 0 Å². The number of aliphatic carboxylic acids is 1. The van der Waals surface area contributed by atoms with E-state index in [2.05, 4.69) is 19.1 Å². The summed E-state index contributed by atoms with van der Waals surface area (Å²) in [6.45, 7) is 3.03. The Morgan fingerprint density at radius 2 is 1.48 bits per heavy atom. The Balaban J connectivity index is 1.74. The summed E-state index contributed by atoms with van der Waals surface area (Å²) >= 11 is 0. The Morgan fingerprint density at radius 3 is 1.96 bits per heavy atom. The lowest BCUT2D eigenvalue weighted by Crippen LogP contribution is -2.08. The van der Waals surface area contributed by atoms with Gasteiger partial charge >= 0.3 is 5.97 Å². The van der Waals surface area contributed by atoms with Gasteiger partial charge in [0.05, 0.1) is 0 Å². The predicted molar refractivity (Wildman–Crippen MR) is 89.9 cm³/mol. The van der Waals surface area contributed by atoms with Crippen molar-refractivity contribution >= 4 is 12.0 Å². The largest absolute Gasteiger partial charge is 0.490 e. The number of hydrogen-bond donors (Lipinski definition) is 1. The summed E-state index contributed by atoms with van der Waals surface area (Å²) in [5.41, 5.74) is 2.10. The van der Waals surface area contributed by atoms with E-state index >= 15 is 0 Å². The van der Waals surface area contributed by atoms with Gasteiger partial charge in [0.1, 0.15) is 24.7 Å². The van der Waals surface area contributed by atoms with Gasteiger partial charge in [0, 0.05) is 6.08 Å². The topological polar surface area (TPSA) is 55.8 Å². The minimum Gasteiger partial charge on any atom is -0.490 e. The molecule has 23 heavy (non-hydrogen) atoms. The Morgan fingerprint density at radius 1 is 0.957 bits per heavy atom. The minimum atomic E-state index is -0.963. The molecular formula is C19H20O4. The summed E-state index contributed by atoms with van der Waals surface area (Å²) in [5, 5.41) is 8.57. The van der Waals surface area contributed by atoms with Crippen molar-refractivity contribution in [2.45, 2.75) is 13.3 Å². The van der Waals surface area contributed by atoms with Crippen molar-refractivity contribution in [2.24, 2.45) is 0 Å². The summed E-state index contributed by atoms with van der Waals surface area (Å²) < 4.78 is 11.2. The zero-order valence-electron chi connectivity index (χ0n) is 13.1. The zero-order chi connectivity index (χ0) is 16.5. The van der Waals surface area contributed by atoms with Crippen LogP contribution in [0, 0.1) is 0 Å². The van der Waals surface area contributed by atoms with E-state index in [1.54, 1.807) is 24.3 Å². The molecule has 1 N–H and O–H groups in total. The minimum absolute atomic E-state index is 0.444. The lowest BCUT2D eigenvalue weighted by atomic mass is 10.2. The molecule has 120 valence electrons. The number of hydrogen-bond acceptors (Lipinski definition) is 3. The van der Waals surface area contributed by atoms with Crippen LogP contribution in [0.15, 0.2) is 54.6 Å². The van der Waals surface area contributed by atoms with Crippen LogP contribution in [0.25, 0.3) is 6.08 Å². The van der Waals surface area contributed by atoms with Gasteiger partial charge in [-0.2, -0.15) is 0 Å². The highest BCUT2D eigenvalue weighted by atomic mass is 16.5. The highest BCUT2D eigenvalue weighted by Gasteiger charge is 1.97.